The molecule has 2 N–H and O–H groups in total. The van der Waals surface area contributed by atoms with E-state index in [0.29, 0.717) is 12.2 Å². The molecule has 1 atom stereocenters. The first-order valence-electron chi connectivity index (χ1n) is 5.78. The minimum atomic E-state index is -3.81. The molecule has 1 saturated heterocycles. The van der Waals surface area contributed by atoms with Crippen molar-refractivity contribution in [3.8, 4) is 0 Å². The van der Waals surface area contributed by atoms with Gasteiger partial charge in [0.15, 0.2) is 0 Å². The Balaban J connectivity index is 2.33. The molecule has 0 aromatic heterocycles. The van der Waals surface area contributed by atoms with Gasteiger partial charge in [0.05, 0.1) is 4.90 Å². The van der Waals surface area contributed by atoms with E-state index in [0.717, 1.165) is 5.56 Å². The van der Waals surface area contributed by atoms with Gasteiger partial charge in [0.25, 0.3) is 0 Å². The third-order valence-corrected chi connectivity index (χ3v) is 5.78. The van der Waals surface area contributed by atoms with E-state index in [1.54, 1.807) is 19.1 Å². The van der Waals surface area contributed by atoms with Crippen molar-refractivity contribution >= 4 is 27.8 Å². The number of aryl methyl sites for hydroxylation is 1. The average Bonchev–Trinajstić information content (AvgIpc) is 2.78. The minimum absolute atomic E-state index is 0.102. The largest absolute Gasteiger partial charge is 0.480 e. The third-order valence-electron chi connectivity index (χ3n) is 3.06. The molecule has 1 aliphatic heterocycles. The quantitative estimate of drug-likeness (QED) is 0.874. The molecule has 7 heteroatoms. The fraction of sp³-hybridized carbons (Fsp3) is 0.417. The number of benzene rings is 1. The molecule has 1 fully saturated rings. The number of rotatable bonds is 4. The number of aliphatic carboxylic acids is 1. The van der Waals surface area contributed by atoms with Crippen molar-refractivity contribution in [1.29, 1.82) is 0 Å². The maximum atomic E-state index is 12.3. The lowest BCUT2D eigenvalue weighted by molar-refractivity contribution is -0.142. The van der Waals surface area contributed by atoms with E-state index in [-0.39, 0.29) is 10.6 Å². The summed E-state index contributed by atoms with van der Waals surface area (Å²) in [5.74, 6) is -0.218. The van der Waals surface area contributed by atoms with Gasteiger partial charge in [-0.25, -0.2) is 8.42 Å². The van der Waals surface area contributed by atoms with E-state index >= 15 is 0 Å². The van der Waals surface area contributed by atoms with Gasteiger partial charge in [0.1, 0.15) is 5.54 Å². The molecule has 19 heavy (non-hydrogen) atoms. The van der Waals surface area contributed by atoms with Crippen LogP contribution in [0.2, 0.25) is 0 Å². The lowest BCUT2D eigenvalue weighted by Crippen LogP contribution is -2.54. The maximum Gasteiger partial charge on any atom is 0.325 e. The zero-order chi connectivity index (χ0) is 14.1. The van der Waals surface area contributed by atoms with Crippen LogP contribution >= 0.6 is 11.8 Å². The van der Waals surface area contributed by atoms with Crippen molar-refractivity contribution in [1.82, 2.24) is 4.72 Å². The van der Waals surface area contributed by atoms with Crippen LogP contribution in [0.3, 0.4) is 0 Å². The number of thioether (sulfide) groups is 1. The summed E-state index contributed by atoms with van der Waals surface area (Å²) in [6, 6.07) is 6.42. The highest BCUT2D eigenvalue weighted by molar-refractivity contribution is 7.99. The SMILES string of the molecule is Cc1cccc(S(=O)(=O)NC2(C(=O)O)CCSC2)c1. The Kier molecular flexibility index (Phi) is 3.89. The van der Waals surface area contributed by atoms with Crippen molar-refractivity contribution in [3.63, 3.8) is 0 Å². The summed E-state index contributed by atoms with van der Waals surface area (Å²) in [7, 11) is -3.81. The van der Waals surface area contributed by atoms with Crippen molar-refractivity contribution in [2.24, 2.45) is 0 Å². The Morgan fingerprint density at radius 3 is 2.74 bits per heavy atom. The molecule has 1 aliphatic rings. The zero-order valence-electron chi connectivity index (χ0n) is 10.4. The van der Waals surface area contributed by atoms with Gasteiger partial charge in [-0.3, -0.25) is 4.79 Å². The molecule has 1 unspecified atom stereocenters. The molecule has 0 radical (unpaired) electrons. The fourth-order valence-electron chi connectivity index (χ4n) is 1.96. The van der Waals surface area contributed by atoms with Crippen LogP contribution in [0.1, 0.15) is 12.0 Å². The molecule has 0 amide bonds. The van der Waals surface area contributed by atoms with E-state index in [4.69, 9.17) is 0 Å². The van der Waals surface area contributed by atoms with Gasteiger partial charge in [0, 0.05) is 5.75 Å². The predicted octanol–water partition coefficient (Wildman–Crippen LogP) is 1.23. The number of carbonyl (C=O) groups is 1. The van der Waals surface area contributed by atoms with Crippen molar-refractivity contribution < 1.29 is 18.3 Å². The summed E-state index contributed by atoms with van der Waals surface area (Å²) < 4.78 is 26.9. The lowest BCUT2D eigenvalue weighted by Gasteiger charge is -2.24. The van der Waals surface area contributed by atoms with E-state index in [1.165, 1.54) is 23.9 Å². The smallest absolute Gasteiger partial charge is 0.325 e. The second-order valence-corrected chi connectivity index (χ2v) is 7.40. The minimum Gasteiger partial charge on any atom is -0.480 e. The van der Waals surface area contributed by atoms with Gasteiger partial charge in [-0.15, -0.1) is 0 Å². The number of carboxylic acid groups (broad SMARTS) is 1. The van der Waals surface area contributed by atoms with Crippen molar-refractivity contribution in [2.75, 3.05) is 11.5 Å². The number of nitrogens with one attached hydrogen (secondary N) is 1. The van der Waals surface area contributed by atoms with Gasteiger partial charge in [-0.2, -0.15) is 16.5 Å². The van der Waals surface area contributed by atoms with Crippen LogP contribution in [0.25, 0.3) is 0 Å². The third kappa shape index (κ3) is 2.93. The molecule has 0 bridgehead atoms. The van der Waals surface area contributed by atoms with Crippen LogP contribution in [0.5, 0.6) is 0 Å². The van der Waals surface area contributed by atoms with Crippen LogP contribution < -0.4 is 4.72 Å². The molecule has 1 aromatic rings. The standard InChI is InChI=1S/C12H15NO4S2/c1-9-3-2-4-10(7-9)19(16,17)13-12(11(14)15)5-6-18-8-12/h2-4,7,13H,5-6,8H2,1H3,(H,14,15). The number of hydrogen-bond acceptors (Lipinski definition) is 4. The maximum absolute atomic E-state index is 12.3. The average molecular weight is 301 g/mol. The summed E-state index contributed by atoms with van der Waals surface area (Å²) in [6.45, 7) is 1.79. The Hall–Kier alpha value is -1.05. The Bertz CT molecular complexity index is 592. The Labute approximate surface area is 116 Å². The van der Waals surface area contributed by atoms with E-state index in [2.05, 4.69) is 4.72 Å². The predicted molar refractivity (Wildman–Crippen MR) is 73.8 cm³/mol. The van der Waals surface area contributed by atoms with Gasteiger partial charge in [0.2, 0.25) is 10.0 Å². The second kappa shape index (κ2) is 5.15. The normalized spacial score (nSPS) is 23.4. The van der Waals surface area contributed by atoms with Gasteiger partial charge >= 0.3 is 5.97 Å². The van der Waals surface area contributed by atoms with E-state index in [1.807, 2.05) is 0 Å². The number of hydrogen-bond donors (Lipinski definition) is 2. The monoisotopic (exact) mass is 301 g/mol. The highest BCUT2D eigenvalue weighted by Gasteiger charge is 2.45. The highest BCUT2D eigenvalue weighted by Crippen LogP contribution is 2.30. The molecule has 0 saturated carbocycles. The van der Waals surface area contributed by atoms with Crippen LogP contribution in [0.15, 0.2) is 29.2 Å². The summed E-state index contributed by atoms with van der Waals surface area (Å²) >= 11 is 1.44. The van der Waals surface area contributed by atoms with Crippen LogP contribution in [0, 0.1) is 6.92 Å². The molecule has 0 spiro atoms. The fourth-order valence-corrected chi connectivity index (χ4v) is 4.87. The molecule has 5 nitrogen and oxygen atoms in total. The zero-order valence-corrected chi connectivity index (χ0v) is 12.1. The van der Waals surface area contributed by atoms with Crippen LogP contribution in [-0.4, -0.2) is 36.5 Å². The number of carboxylic acids is 1. The summed E-state index contributed by atoms with van der Waals surface area (Å²) in [5, 5.41) is 9.29. The molecule has 0 aliphatic carbocycles. The van der Waals surface area contributed by atoms with Gasteiger partial charge in [-0.1, -0.05) is 12.1 Å². The topological polar surface area (TPSA) is 83.5 Å². The van der Waals surface area contributed by atoms with Crippen molar-refractivity contribution in [3.05, 3.63) is 29.8 Å². The van der Waals surface area contributed by atoms with Gasteiger partial charge in [-0.05, 0) is 36.8 Å². The summed E-state index contributed by atoms with van der Waals surface area (Å²) in [4.78, 5) is 11.5. The van der Waals surface area contributed by atoms with Crippen LogP contribution in [0.4, 0.5) is 0 Å². The second-order valence-electron chi connectivity index (χ2n) is 4.61. The Morgan fingerprint density at radius 1 is 1.47 bits per heavy atom. The molecular weight excluding hydrogens is 286 g/mol. The molecule has 2 rings (SSSR count). The lowest BCUT2D eigenvalue weighted by atomic mass is 10.0. The highest BCUT2D eigenvalue weighted by atomic mass is 32.2. The molecule has 1 heterocycles. The molecule has 104 valence electrons. The number of sulfonamides is 1. The van der Waals surface area contributed by atoms with E-state index < -0.39 is 21.5 Å². The van der Waals surface area contributed by atoms with Crippen LogP contribution in [-0.2, 0) is 14.8 Å². The first kappa shape index (κ1) is 14.4. The molecule has 1 aromatic carbocycles. The summed E-state index contributed by atoms with van der Waals surface area (Å²) in [5.41, 5.74) is -0.569. The first-order valence-corrected chi connectivity index (χ1v) is 8.41. The van der Waals surface area contributed by atoms with Crippen molar-refractivity contribution in [2.45, 2.75) is 23.8 Å². The Morgan fingerprint density at radius 2 is 2.21 bits per heavy atom. The summed E-state index contributed by atoms with van der Waals surface area (Å²) in [6.07, 6.45) is 0.304. The van der Waals surface area contributed by atoms with Gasteiger partial charge < -0.3 is 5.11 Å². The molecular formula is C12H15NO4S2. The van der Waals surface area contributed by atoms with E-state index in [9.17, 15) is 18.3 Å². The first-order chi connectivity index (χ1) is 8.86.